The number of anilines is 1. The van der Waals surface area contributed by atoms with Gasteiger partial charge >= 0.3 is 0 Å². The summed E-state index contributed by atoms with van der Waals surface area (Å²) in [4.78, 5) is 28.4. The highest BCUT2D eigenvalue weighted by Gasteiger charge is 2.33. The topological polar surface area (TPSA) is 86.8 Å². The van der Waals surface area contributed by atoms with Crippen molar-refractivity contribution in [2.75, 3.05) is 17.4 Å². The van der Waals surface area contributed by atoms with Gasteiger partial charge in [-0.1, -0.05) is 66.0 Å². The van der Waals surface area contributed by atoms with Crippen LogP contribution in [-0.2, 0) is 26.2 Å². The Labute approximate surface area is 230 Å². The molecule has 1 N–H and O–H groups in total. The number of likely N-dealkylation sites (N-methyl/N-ethyl adjacent to an activating group) is 1. The predicted molar refractivity (Wildman–Crippen MR) is 152 cm³/mol. The number of carbonyl (C=O) groups is 2. The molecule has 0 radical (unpaired) electrons. The Morgan fingerprint density at radius 3 is 2.16 bits per heavy atom. The molecule has 3 aromatic rings. The molecule has 9 heteroatoms. The van der Waals surface area contributed by atoms with Gasteiger partial charge in [-0.05, 0) is 69.2 Å². The van der Waals surface area contributed by atoms with Crippen LogP contribution in [0.4, 0.5) is 5.69 Å². The molecule has 0 bridgehead atoms. The third-order valence-electron chi connectivity index (χ3n) is 6.17. The number of halogens is 1. The molecule has 0 saturated heterocycles. The maximum absolute atomic E-state index is 13.9. The summed E-state index contributed by atoms with van der Waals surface area (Å²) < 4.78 is 28.7. The number of nitrogens with zero attached hydrogens (tertiary/aromatic N) is 2. The lowest BCUT2D eigenvalue weighted by Crippen LogP contribution is -2.52. The fourth-order valence-corrected chi connectivity index (χ4v) is 5.73. The van der Waals surface area contributed by atoms with Crippen LogP contribution in [0.15, 0.2) is 77.7 Å². The number of rotatable bonds is 11. The quantitative estimate of drug-likeness (QED) is 0.357. The number of amides is 2. The second kappa shape index (κ2) is 12.9. The highest BCUT2D eigenvalue weighted by atomic mass is 35.5. The zero-order chi connectivity index (χ0) is 27.9. The van der Waals surface area contributed by atoms with E-state index >= 15 is 0 Å². The SMILES string of the molecule is CCNC(=O)[C@@H](CC)N(Cc1cccc(C)c1)C(=O)CN(c1ccc(C)cc1)S(=O)(=O)c1ccc(Cl)cc1. The Kier molecular flexibility index (Phi) is 9.94. The van der Waals surface area contributed by atoms with E-state index in [1.165, 1.54) is 29.2 Å². The van der Waals surface area contributed by atoms with Gasteiger partial charge in [0.15, 0.2) is 0 Å². The Hall–Kier alpha value is -3.36. The molecular weight excluding hydrogens is 522 g/mol. The van der Waals surface area contributed by atoms with Crippen LogP contribution in [0.25, 0.3) is 0 Å². The first kappa shape index (κ1) is 29.2. The summed E-state index contributed by atoms with van der Waals surface area (Å²) in [6.45, 7) is 7.61. The van der Waals surface area contributed by atoms with Crippen molar-refractivity contribution in [1.82, 2.24) is 10.2 Å². The number of aryl methyl sites for hydroxylation is 2. The molecule has 38 heavy (non-hydrogen) atoms. The first-order chi connectivity index (χ1) is 18.1. The second-order valence-corrected chi connectivity index (χ2v) is 11.4. The Balaban J connectivity index is 2.05. The summed E-state index contributed by atoms with van der Waals surface area (Å²) in [6.07, 6.45) is 0.373. The molecule has 0 aliphatic heterocycles. The molecule has 0 heterocycles. The zero-order valence-electron chi connectivity index (χ0n) is 22.1. The van der Waals surface area contributed by atoms with Crippen LogP contribution in [0.2, 0.25) is 5.02 Å². The standard InChI is InChI=1S/C29H34ClN3O4S/c1-5-27(29(35)31-6-2)32(19-23-9-7-8-22(4)18-23)28(34)20-33(25-14-10-21(3)11-15-25)38(36,37)26-16-12-24(30)13-17-26/h7-18,27H,5-6,19-20H2,1-4H3,(H,31,35)/t27-/m1/s1. The number of hydrogen-bond donors (Lipinski definition) is 1. The van der Waals surface area contributed by atoms with Crippen molar-refractivity contribution in [3.05, 3.63) is 94.5 Å². The Morgan fingerprint density at radius 1 is 0.921 bits per heavy atom. The van der Waals surface area contributed by atoms with Crippen molar-refractivity contribution in [3.8, 4) is 0 Å². The first-order valence-electron chi connectivity index (χ1n) is 12.5. The third kappa shape index (κ3) is 7.14. The minimum absolute atomic E-state index is 0.0104. The maximum atomic E-state index is 13.9. The van der Waals surface area contributed by atoms with Crippen molar-refractivity contribution in [1.29, 1.82) is 0 Å². The van der Waals surface area contributed by atoms with E-state index in [0.717, 1.165) is 21.0 Å². The summed E-state index contributed by atoms with van der Waals surface area (Å²) in [5.41, 5.74) is 3.17. The van der Waals surface area contributed by atoms with E-state index in [1.54, 1.807) is 24.3 Å². The normalized spacial score (nSPS) is 12.0. The van der Waals surface area contributed by atoms with Gasteiger partial charge in [0.25, 0.3) is 10.0 Å². The molecule has 0 aliphatic carbocycles. The average Bonchev–Trinajstić information content (AvgIpc) is 2.88. The third-order valence-corrected chi connectivity index (χ3v) is 8.21. The van der Waals surface area contributed by atoms with Crippen molar-refractivity contribution in [2.24, 2.45) is 0 Å². The van der Waals surface area contributed by atoms with Gasteiger partial charge < -0.3 is 10.2 Å². The molecule has 3 rings (SSSR count). The van der Waals surface area contributed by atoms with E-state index in [4.69, 9.17) is 11.6 Å². The van der Waals surface area contributed by atoms with Gasteiger partial charge in [-0.3, -0.25) is 13.9 Å². The van der Waals surface area contributed by atoms with Crippen LogP contribution >= 0.6 is 11.6 Å². The number of sulfonamides is 1. The summed E-state index contributed by atoms with van der Waals surface area (Å²) >= 11 is 5.99. The fourth-order valence-electron chi connectivity index (χ4n) is 4.19. The van der Waals surface area contributed by atoms with Crippen LogP contribution in [0.5, 0.6) is 0 Å². The lowest BCUT2D eigenvalue weighted by Gasteiger charge is -2.33. The first-order valence-corrected chi connectivity index (χ1v) is 14.4. The van der Waals surface area contributed by atoms with E-state index < -0.39 is 28.5 Å². The van der Waals surface area contributed by atoms with Gasteiger partial charge in [0, 0.05) is 18.1 Å². The molecular formula is C29H34ClN3O4S. The van der Waals surface area contributed by atoms with Crippen molar-refractivity contribution in [3.63, 3.8) is 0 Å². The van der Waals surface area contributed by atoms with Gasteiger partial charge in [0.2, 0.25) is 11.8 Å². The zero-order valence-corrected chi connectivity index (χ0v) is 23.7. The van der Waals surface area contributed by atoms with Crippen LogP contribution in [0.1, 0.15) is 37.0 Å². The minimum atomic E-state index is -4.13. The molecule has 3 aromatic carbocycles. The second-order valence-electron chi connectivity index (χ2n) is 9.13. The largest absolute Gasteiger partial charge is 0.355 e. The van der Waals surface area contributed by atoms with Gasteiger partial charge in [-0.25, -0.2) is 8.42 Å². The van der Waals surface area contributed by atoms with Crippen molar-refractivity contribution >= 4 is 39.1 Å². The Bertz CT molecular complexity index is 1360. The summed E-state index contributed by atoms with van der Waals surface area (Å²) in [7, 11) is -4.13. The highest BCUT2D eigenvalue weighted by molar-refractivity contribution is 7.92. The molecule has 0 aromatic heterocycles. The van der Waals surface area contributed by atoms with E-state index in [-0.39, 0.29) is 17.3 Å². The van der Waals surface area contributed by atoms with E-state index in [1.807, 2.05) is 52.0 Å². The van der Waals surface area contributed by atoms with E-state index in [9.17, 15) is 18.0 Å². The van der Waals surface area contributed by atoms with E-state index in [2.05, 4.69) is 5.32 Å². The summed E-state index contributed by atoms with van der Waals surface area (Å²) in [6, 6.07) is 19.7. The average molecular weight is 556 g/mol. The summed E-state index contributed by atoms with van der Waals surface area (Å²) in [5, 5.41) is 3.21. The number of benzene rings is 3. The maximum Gasteiger partial charge on any atom is 0.264 e. The lowest BCUT2D eigenvalue weighted by atomic mass is 10.1. The van der Waals surface area contributed by atoms with Gasteiger partial charge in [-0.2, -0.15) is 0 Å². The fraction of sp³-hybridized carbons (Fsp3) is 0.310. The highest BCUT2D eigenvalue weighted by Crippen LogP contribution is 2.26. The van der Waals surface area contributed by atoms with Crippen LogP contribution in [-0.4, -0.2) is 44.3 Å². The lowest BCUT2D eigenvalue weighted by molar-refractivity contribution is -0.140. The van der Waals surface area contributed by atoms with E-state index in [0.29, 0.717) is 23.7 Å². The molecule has 0 unspecified atom stereocenters. The van der Waals surface area contributed by atoms with Gasteiger partial charge in [0.1, 0.15) is 12.6 Å². The molecule has 0 fully saturated rings. The molecule has 202 valence electrons. The van der Waals surface area contributed by atoms with Crippen LogP contribution in [0.3, 0.4) is 0 Å². The number of hydrogen-bond acceptors (Lipinski definition) is 4. The molecule has 1 atom stereocenters. The minimum Gasteiger partial charge on any atom is -0.355 e. The van der Waals surface area contributed by atoms with Crippen LogP contribution < -0.4 is 9.62 Å². The number of nitrogens with one attached hydrogen (secondary N) is 1. The molecule has 2 amide bonds. The smallest absolute Gasteiger partial charge is 0.264 e. The Morgan fingerprint density at radius 2 is 1.58 bits per heavy atom. The molecule has 7 nitrogen and oxygen atoms in total. The number of carbonyl (C=O) groups excluding carboxylic acids is 2. The molecule has 0 spiro atoms. The monoisotopic (exact) mass is 555 g/mol. The van der Waals surface area contributed by atoms with Crippen molar-refractivity contribution in [2.45, 2.75) is 51.6 Å². The van der Waals surface area contributed by atoms with Gasteiger partial charge in [-0.15, -0.1) is 0 Å². The predicted octanol–water partition coefficient (Wildman–Crippen LogP) is 5.10. The van der Waals surface area contributed by atoms with Crippen LogP contribution in [0, 0.1) is 13.8 Å². The van der Waals surface area contributed by atoms with Gasteiger partial charge in [0.05, 0.1) is 10.6 Å². The summed E-state index contributed by atoms with van der Waals surface area (Å²) in [5.74, 6) is -0.763. The molecule has 0 aliphatic rings. The molecule has 0 saturated carbocycles. The van der Waals surface area contributed by atoms with Crippen molar-refractivity contribution < 1.29 is 18.0 Å².